The Hall–Kier alpha value is -0.0800. The van der Waals surface area contributed by atoms with Crippen molar-refractivity contribution in [3.8, 4) is 0 Å². The van der Waals surface area contributed by atoms with Crippen LogP contribution >= 0.6 is 0 Å². The first-order chi connectivity index (χ1) is 4.97. The predicted octanol–water partition coefficient (Wildman–Crippen LogP) is 0.775. The van der Waals surface area contributed by atoms with Crippen LogP contribution in [0.3, 0.4) is 0 Å². The fraction of sp³-hybridized carbons (Fsp3) is 1.00. The minimum atomic E-state index is 0.780. The van der Waals surface area contributed by atoms with Gasteiger partial charge in [0.25, 0.3) is 0 Å². The minimum Gasteiger partial charge on any atom is -0.381 e. The van der Waals surface area contributed by atoms with Crippen LogP contribution in [0.1, 0.15) is 19.3 Å². The minimum absolute atomic E-state index is 0.780. The summed E-state index contributed by atoms with van der Waals surface area (Å²) in [5, 5.41) is 3.54. The number of hydrogen-bond acceptors (Lipinski definition) is 2. The Morgan fingerprint density at radius 3 is 3.20 bits per heavy atom. The number of nitrogens with one attached hydrogen (secondary N) is 1. The third-order valence-corrected chi connectivity index (χ3v) is 2.63. The number of hydrogen-bond donors (Lipinski definition) is 1. The van der Waals surface area contributed by atoms with E-state index in [4.69, 9.17) is 4.74 Å². The highest BCUT2D eigenvalue weighted by Crippen LogP contribution is 2.22. The highest BCUT2D eigenvalue weighted by Gasteiger charge is 2.27. The molecular formula is C8H15NO. The largest absolute Gasteiger partial charge is 0.381 e. The molecule has 0 aromatic rings. The molecule has 0 spiro atoms. The third-order valence-electron chi connectivity index (χ3n) is 2.63. The van der Waals surface area contributed by atoms with E-state index in [0.29, 0.717) is 0 Å². The summed E-state index contributed by atoms with van der Waals surface area (Å²) < 4.78 is 5.40. The molecule has 0 aromatic carbocycles. The number of rotatable bonds is 0. The van der Waals surface area contributed by atoms with Crippen molar-refractivity contribution < 1.29 is 4.74 Å². The monoisotopic (exact) mass is 141 g/mol. The summed E-state index contributed by atoms with van der Waals surface area (Å²) in [6, 6.07) is 0.780. The van der Waals surface area contributed by atoms with Gasteiger partial charge in [-0.1, -0.05) is 0 Å². The highest BCUT2D eigenvalue weighted by atomic mass is 16.5. The van der Waals surface area contributed by atoms with Crippen molar-refractivity contribution in [2.24, 2.45) is 5.92 Å². The number of piperidine rings is 1. The maximum atomic E-state index is 5.40. The van der Waals surface area contributed by atoms with Gasteiger partial charge in [0.05, 0.1) is 6.61 Å². The molecular weight excluding hydrogens is 126 g/mol. The van der Waals surface area contributed by atoms with Crippen LogP contribution in [-0.4, -0.2) is 25.8 Å². The fourth-order valence-corrected chi connectivity index (χ4v) is 2.00. The van der Waals surface area contributed by atoms with Gasteiger partial charge in [-0.3, -0.25) is 0 Å². The van der Waals surface area contributed by atoms with Crippen LogP contribution in [-0.2, 0) is 4.74 Å². The summed E-state index contributed by atoms with van der Waals surface area (Å²) in [4.78, 5) is 0. The molecule has 2 nitrogen and oxygen atoms in total. The molecule has 0 bridgehead atoms. The van der Waals surface area contributed by atoms with Crippen LogP contribution in [0.4, 0.5) is 0 Å². The maximum Gasteiger partial charge on any atom is 0.0509 e. The summed E-state index contributed by atoms with van der Waals surface area (Å²) in [7, 11) is 0. The molecule has 2 saturated heterocycles. The first-order valence-electron chi connectivity index (χ1n) is 4.28. The van der Waals surface area contributed by atoms with Crippen molar-refractivity contribution >= 4 is 0 Å². The zero-order chi connectivity index (χ0) is 6.81. The zero-order valence-corrected chi connectivity index (χ0v) is 6.31. The SMILES string of the molecule is C1CN[C@@H]2CCOC[C@H]2C1. The molecule has 0 radical (unpaired) electrons. The molecule has 0 amide bonds. The van der Waals surface area contributed by atoms with Gasteiger partial charge in [0.2, 0.25) is 0 Å². The fourth-order valence-electron chi connectivity index (χ4n) is 2.00. The quantitative estimate of drug-likeness (QED) is 0.538. The average Bonchev–Trinajstić information content (AvgIpc) is 2.05. The van der Waals surface area contributed by atoms with Gasteiger partial charge in [-0.25, -0.2) is 0 Å². The summed E-state index contributed by atoms with van der Waals surface area (Å²) >= 11 is 0. The van der Waals surface area contributed by atoms with Crippen molar-refractivity contribution in [1.29, 1.82) is 0 Å². The lowest BCUT2D eigenvalue weighted by Gasteiger charge is -2.35. The summed E-state index contributed by atoms with van der Waals surface area (Å²) in [6.07, 6.45) is 3.94. The van der Waals surface area contributed by atoms with Gasteiger partial charge in [0.15, 0.2) is 0 Å². The molecule has 0 aliphatic carbocycles. The van der Waals surface area contributed by atoms with Crippen molar-refractivity contribution in [1.82, 2.24) is 5.32 Å². The zero-order valence-electron chi connectivity index (χ0n) is 6.31. The molecule has 2 atom stereocenters. The van der Waals surface area contributed by atoms with Crippen LogP contribution in [0, 0.1) is 5.92 Å². The van der Waals surface area contributed by atoms with Crippen LogP contribution in [0.25, 0.3) is 0 Å². The van der Waals surface area contributed by atoms with Gasteiger partial charge in [-0.15, -0.1) is 0 Å². The lowest BCUT2D eigenvalue weighted by molar-refractivity contribution is 0.0187. The molecule has 0 unspecified atom stereocenters. The van der Waals surface area contributed by atoms with E-state index in [9.17, 15) is 0 Å². The predicted molar refractivity (Wildman–Crippen MR) is 40.0 cm³/mol. The molecule has 1 N–H and O–H groups in total. The lowest BCUT2D eigenvalue weighted by Crippen LogP contribution is -2.46. The van der Waals surface area contributed by atoms with Crippen molar-refractivity contribution in [3.63, 3.8) is 0 Å². The Balaban J connectivity index is 1.93. The normalized spacial score (nSPS) is 40.8. The second kappa shape index (κ2) is 2.89. The Labute approximate surface area is 61.9 Å². The molecule has 10 heavy (non-hydrogen) atoms. The van der Waals surface area contributed by atoms with Gasteiger partial charge in [0, 0.05) is 12.6 Å². The molecule has 2 heterocycles. The van der Waals surface area contributed by atoms with E-state index in [0.717, 1.165) is 25.2 Å². The molecule has 0 saturated carbocycles. The number of ether oxygens (including phenoxy) is 1. The van der Waals surface area contributed by atoms with E-state index < -0.39 is 0 Å². The maximum absolute atomic E-state index is 5.40. The first-order valence-corrected chi connectivity index (χ1v) is 4.28. The second-order valence-corrected chi connectivity index (χ2v) is 3.33. The van der Waals surface area contributed by atoms with Gasteiger partial charge >= 0.3 is 0 Å². The standard InChI is InChI=1S/C8H15NO/c1-2-7-6-10-5-3-8(7)9-4-1/h7-9H,1-6H2/t7-,8-/m1/s1. The van der Waals surface area contributed by atoms with E-state index in [2.05, 4.69) is 5.32 Å². The lowest BCUT2D eigenvalue weighted by atomic mass is 9.88. The van der Waals surface area contributed by atoms with E-state index in [1.807, 2.05) is 0 Å². The van der Waals surface area contributed by atoms with Crippen molar-refractivity contribution in [2.45, 2.75) is 25.3 Å². The highest BCUT2D eigenvalue weighted by molar-refractivity contribution is 4.83. The van der Waals surface area contributed by atoms with Crippen LogP contribution in [0.2, 0.25) is 0 Å². The van der Waals surface area contributed by atoms with Gasteiger partial charge < -0.3 is 10.1 Å². The Kier molecular flexibility index (Phi) is 1.91. The van der Waals surface area contributed by atoms with E-state index >= 15 is 0 Å². The van der Waals surface area contributed by atoms with Crippen molar-refractivity contribution in [2.75, 3.05) is 19.8 Å². The van der Waals surface area contributed by atoms with Crippen LogP contribution < -0.4 is 5.32 Å². The molecule has 2 heteroatoms. The van der Waals surface area contributed by atoms with Gasteiger partial charge in [0.1, 0.15) is 0 Å². The van der Waals surface area contributed by atoms with Gasteiger partial charge in [-0.05, 0) is 31.7 Å². The van der Waals surface area contributed by atoms with Crippen LogP contribution in [0.5, 0.6) is 0 Å². The van der Waals surface area contributed by atoms with E-state index in [1.165, 1.54) is 25.8 Å². The van der Waals surface area contributed by atoms with Crippen LogP contribution in [0.15, 0.2) is 0 Å². The summed E-state index contributed by atoms with van der Waals surface area (Å²) in [5.74, 6) is 0.822. The molecule has 2 rings (SSSR count). The van der Waals surface area contributed by atoms with Crippen molar-refractivity contribution in [3.05, 3.63) is 0 Å². The summed E-state index contributed by atoms with van der Waals surface area (Å²) in [5.41, 5.74) is 0. The molecule has 2 aliphatic heterocycles. The number of fused-ring (bicyclic) bond motifs is 1. The van der Waals surface area contributed by atoms with Gasteiger partial charge in [-0.2, -0.15) is 0 Å². The Morgan fingerprint density at radius 1 is 1.30 bits per heavy atom. The van der Waals surface area contributed by atoms with E-state index in [-0.39, 0.29) is 0 Å². The van der Waals surface area contributed by atoms with E-state index in [1.54, 1.807) is 0 Å². The molecule has 0 aromatic heterocycles. The Bertz CT molecular complexity index is 89.8. The first kappa shape index (κ1) is 6.62. The smallest absolute Gasteiger partial charge is 0.0509 e. The summed E-state index contributed by atoms with van der Waals surface area (Å²) in [6.45, 7) is 3.19. The topological polar surface area (TPSA) is 21.3 Å². The second-order valence-electron chi connectivity index (χ2n) is 3.33. The molecule has 2 aliphatic rings. The molecule has 2 fully saturated rings. The third kappa shape index (κ3) is 1.18. The Morgan fingerprint density at radius 2 is 2.30 bits per heavy atom. The molecule has 58 valence electrons. The average molecular weight is 141 g/mol.